The molecular weight excluding hydrogens is 204 g/mol. The number of amides is 1. The second-order valence-corrected chi connectivity index (χ2v) is 4.21. The zero-order chi connectivity index (χ0) is 12.2. The van der Waals surface area contributed by atoms with E-state index in [-0.39, 0.29) is 12.5 Å². The molecule has 1 aromatic rings. The largest absolute Gasteiger partial charge is 0.388 e. The second-order valence-electron chi connectivity index (χ2n) is 4.21. The van der Waals surface area contributed by atoms with Crippen molar-refractivity contribution in [2.45, 2.75) is 39.3 Å². The van der Waals surface area contributed by atoms with Crippen molar-refractivity contribution in [3.05, 3.63) is 24.0 Å². The highest BCUT2D eigenvalue weighted by Crippen LogP contribution is 2.07. The van der Waals surface area contributed by atoms with Gasteiger partial charge in [-0.05, 0) is 32.4 Å². The summed E-state index contributed by atoms with van der Waals surface area (Å²) in [6, 6.07) is 3.62. The predicted molar refractivity (Wildman–Crippen MR) is 63.4 cm³/mol. The monoisotopic (exact) mass is 224 g/mol. The highest BCUT2D eigenvalue weighted by molar-refractivity contribution is 5.92. The summed E-state index contributed by atoms with van der Waals surface area (Å²) in [5, 5.41) is 12.5. The van der Waals surface area contributed by atoms with Crippen LogP contribution in [0.15, 0.2) is 18.3 Å². The normalized spacial score (nSPS) is 14.5. The average molecular weight is 224 g/mol. The topological polar surface area (TPSA) is 54.3 Å². The molecule has 4 nitrogen and oxygen atoms in total. The van der Waals surface area contributed by atoms with Crippen LogP contribution in [0.1, 0.15) is 37.7 Å². The summed E-state index contributed by atoms with van der Waals surface area (Å²) in [4.78, 5) is 11.8. The molecule has 1 amide bonds. The predicted octanol–water partition coefficient (Wildman–Crippen LogP) is 1.40. The van der Waals surface area contributed by atoms with Gasteiger partial charge in [0.05, 0.1) is 5.60 Å². The molecule has 0 fully saturated rings. The zero-order valence-electron chi connectivity index (χ0n) is 10.2. The lowest BCUT2D eigenvalue weighted by molar-refractivity contribution is 0.0516. The molecule has 90 valence electrons. The molecule has 0 aliphatic rings. The van der Waals surface area contributed by atoms with Gasteiger partial charge in [0, 0.05) is 19.3 Å². The van der Waals surface area contributed by atoms with Gasteiger partial charge in [0.15, 0.2) is 0 Å². The minimum Gasteiger partial charge on any atom is -0.388 e. The number of carbonyl (C=O) groups is 1. The molecule has 1 unspecified atom stereocenters. The third-order valence-corrected chi connectivity index (χ3v) is 2.79. The fraction of sp³-hybridized carbons (Fsp3) is 0.583. The Bertz CT molecular complexity index is 356. The molecule has 0 aliphatic heterocycles. The van der Waals surface area contributed by atoms with Gasteiger partial charge < -0.3 is 15.0 Å². The van der Waals surface area contributed by atoms with E-state index in [1.165, 1.54) is 0 Å². The Hall–Kier alpha value is -1.29. The van der Waals surface area contributed by atoms with Gasteiger partial charge in [-0.3, -0.25) is 4.79 Å². The van der Waals surface area contributed by atoms with Crippen LogP contribution in [0.3, 0.4) is 0 Å². The Morgan fingerprint density at radius 3 is 2.81 bits per heavy atom. The molecule has 1 aromatic heterocycles. The van der Waals surface area contributed by atoms with Crippen LogP contribution in [-0.4, -0.2) is 27.7 Å². The molecule has 0 saturated carbocycles. The Morgan fingerprint density at radius 2 is 2.25 bits per heavy atom. The van der Waals surface area contributed by atoms with E-state index in [0.29, 0.717) is 12.1 Å². The zero-order valence-corrected chi connectivity index (χ0v) is 10.2. The van der Waals surface area contributed by atoms with Gasteiger partial charge in [-0.2, -0.15) is 0 Å². The number of hydrogen-bond acceptors (Lipinski definition) is 2. The Kier molecular flexibility index (Phi) is 4.12. The van der Waals surface area contributed by atoms with Crippen LogP contribution in [0.5, 0.6) is 0 Å². The van der Waals surface area contributed by atoms with E-state index in [1.54, 1.807) is 13.0 Å². The second kappa shape index (κ2) is 5.16. The Morgan fingerprint density at radius 1 is 1.56 bits per heavy atom. The summed E-state index contributed by atoms with van der Waals surface area (Å²) in [6.07, 6.45) is 2.48. The number of aliphatic hydroxyl groups is 1. The molecule has 0 saturated heterocycles. The maximum atomic E-state index is 11.8. The van der Waals surface area contributed by atoms with Crippen molar-refractivity contribution < 1.29 is 9.90 Å². The van der Waals surface area contributed by atoms with E-state index >= 15 is 0 Å². The van der Waals surface area contributed by atoms with Crippen LogP contribution < -0.4 is 5.32 Å². The summed E-state index contributed by atoms with van der Waals surface area (Å²) < 4.78 is 1.87. The number of nitrogens with zero attached hydrogens (tertiary/aromatic N) is 1. The average Bonchev–Trinajstić information content (AvgIpc) is 2.74. The SMILES string of the molecule is CCn1cccc1C(=O)NCC(C)(O)CC. The van der Waals surface area contributed by atoms with Crippen LogP contribution in [0.2, 0.25) is 0 Å². The third-order valence-electron chi connectivity index (χ3n) is 2.79. The number of nitrogens with one attached hydrogen (secondary N) is 1. The highest BCUT2D eigenvalue weighted by Gasteiger charge is 2.19. The lowest BCUT2D eigenvalue weighted by atomic mass is 10.0. The van der Waals surface area contributed by atoms with E-state index in [2.05, 4.69) is 5.32 Å². The summed E-state index contributed by atoms with van der Waals surface area (Å²) in [6.45, 7) is 6.63. The van der Waals surface area contributed by atoms with Crippen molar-refractivity contribution in [2.75, 3.05) is 6.54 Å². The summed E-state index contributed by atoms with van der Waals surface area (Å²) in [7, 11) is 0. The van der Waals surface area contributed by atoms with E-state index in [0.717, 1.165) is 6.54 Å². The van der Waals surface area contributed by atoms with Gasteiger partial charge in [0.1, 0.15) is 5.69 Å². The van der Waals surface area contributed by atoms with Crippen LogP contribution in [-0.2, 0) is 6.54 Å². The Balaban J connectivity index is 2.60. The minimum absolute atomic E-state index is 0.138. The lowest BCUT2D eigenvalue weighted by Crippen LogP contribution is -2.40. The first-order chi connectivity index (χ1) is 7.50. The van der Waals surface area contributed by atoms with Gasteiger partial charge >= 0.3 is 0 Å². The van der Waals surface area contributed by atoms with Crippen molar-refractivity contribution >= 4 is 5.91 Å². The highest BCUT2D eigenvalue weighted by atomic mass is 16.3. The molecule has 16 heavy (non-hydrogen) atoms. The first kappa shape index (κ1) is 12.8. The fourth-order valence-corrected chi connectivity index (χ4v) is 1.38. The first-order valence-electron chi connectivity index (χ1n) is 5.66. The number of hydrogen-bond donors (Lipinski definition) is 2. The smallest absolute Gasteiger partial charge is 0.268 e. The molecule has 0 spiro atoms. The van der Waals surface area contributed by atoms with Gasteiger partial charge in [-0.15, -0.1) is 0 Å². The third kappa shape index (κ3) is 3.10. The van der Waals surface area contributed by atoms with Gasteiger partial charge in [0.2, 0.25) is 0 Å². The van der Waals surface area contributed by atoms with Gasteiger partial charge in [-0.25, -0.2) is 0 Å². The molecule has 0 bridgehead atoms. The van der Waals surface area contributed by atoms with Crippen LogP contribution in [0.4, 0.5) is 0 Å². The van der Waals surface area contributed by atoms with E-state index in [4.69, 9.17) is 0 Å². The number of aryl methyl sites for hydroxylation is 1. The Labute approximate surface area is 96.3 Å². The molecule has 2 N–H and O–H groups in total. The number of carbonyl (C=O) groups excluding carboxylic acids is 1. The summed E-state index contributed by atoms with van der Waals surface area (Å²) >= 11 is 0. The number of rotatable bonds is 5. The quantitative estimate of drug-likeness (QED) is 0.794. The molecule has 1 rings (SSSR count). The van der Waals surface area contributed by atoms with Crippen LogP contribution in [0, 0.1) is 0 Å². The van der Waals surface area contributed by atoms with E-state index < -0.39 is 5.60 Å². The maximum absolute atomic E-state index is 11.8. The van der Waals surface area contributed by atoms with Crippen molar-refractivity contribution in [3.8, 4) is 0 Å². The van der Waals surface area contributed by atoms with Crippen molar-refractivity contribution in [1.82, 2.24) is 9.88 Å². The maximum Gasteiger partial charge on any atom is 0.268 e. The molecule has 1 atom stereocenters. The van der Waals surface area contributed by atoms with Crippen molar-refractivity contribution in [3.63, 3.8) is 0 Å². The van der Waals surface area contributed by atoms with Crippen molar-refractivity contribution in [1.29, 1.82) is 0 Å². The van der Waals surface area contributed by atoms with E-state index in [9.17, 15) is 9.90 Å². The van der Waals surface area contributed by atoms with Crippen molar-refractivity contribution in [2.24, 2.45) is 0 Å². The minimum atomic E-state index is -0.834. The first-order valence-corrected chi connectivity index (χ1v) is 5.66. The number of aromatic nitrogens is 1. The van der Waals surface area contributed by atoms with Gasteiger partial charge in [0.25, 0.3) is 5.91 Å². The molecular formula is C12H20N2O2. The van der Waals surface area contributed by atoms with E-state index in [1.807, 2.05) is 30.7 Å². The molecule has 1 heterocycles. The molecule has 0 radical (unpaired) electrons. The van der Waals surface area contributed by atoms with Crippen LogP contribution in [0.25, 0.3) is 0 Å². The van der Waals surface area contributed by atoms with Gasteiger partial charge in [-0.1, -0.05) is 6.92 Å². The molecule has 0 aromatic carbocycles. The molecule has 4 heteroatoms. The summed E-state index contributed by atoms with van der Waals surface area (Å²) in [5.74, 6) is -0.138. The molecule has 0 aliphatic carbocycles. The standard InChI is InChI=1S/C12H20N2O2/c1-4-12(3,16)9-13-11(15)10-7-6-8-14(10)5-2/h6-8,16H,4-5,9H2,1-3H3,(H,13,15). The lowest BCUT2D eigenvalue weighted by Gasteiger charge is -2.21. The summed E-state index contributed by atoms with van der Waals surface area (Å²) in [5.41, 5.74) is -0.200. The van der Waals surface area contributed by atoms with Crippen LogP contribution >= 0.6 is 0 Å². The fourth-order valence-electron chi connectivity index (χ4n) is 1.38.